The standard InChI is InChI=1S/C15H16F3N3O2S2/c16-15(17,18)13(22)21-8-1-2-12(21)10-3-5-11(6-4-10)25(23)20-14-19-7-9-24-14/h3,5-7,9-10,12H,1-2,4,8H2,(H,19,20). The Morgan fingerprint density at radius 3 is 2.84 bits per heavy atom. The second-order valence-electron chi connectivity index (χ2n) is 5.78. The first-order valence-corrected chi connectivity index (χ1v) is 9.73. The zero-order valence-electron chi connectivity index (χ0n) is 13.0. The van der Waals surface area contributed by atoms with E-state index in [9.17, 15) is 22.2 Å². The van der Waals surface area contributed by atoms with E-state index in [1.165, 1.54) is 11.3 Å². The van der Waals surface area contributed by atoms with Gasteiger partial charge in [-0.05, 0) is 25.3 Å². The highest BCUT2D eigenvalue weighted by Crippen LogP contribution is 2.33. The lowest BCUT2D eigenvalue weighted by atomic mass is 9.91. The molecule has 1 N–H and O–H groups in total. The second-order valence-corrected chi connectivity index (χ2v) is 7.89. The summed E-state index contributed by atoms with van der Waals surface area (Å²) in [4.78, 5) is 17.0. The van der Waals surface area contributed by atoms with Gasteiger partial charge in [-0.3, -0.25) is 9.52 Å². The maximum atomic E-state index is 12.7. The van der Waals surface area contributed by atoms with E-state index in [4.69, 9.17) is 0 Å². The van der Waals surface area contributed by atoms with Crippen LogP contribution in [-0.2, 0) is 15.8 Å². The van der Waals surface area contributed by atoms with Crippen molar-refractivity contribution < 1.29 is 22.2 Å². The van der Waals surface area contributed by atoms with Gasteiger partial charge in [0, 0.05) is 30.1 Å². The van der Waals surface area contributed by atoms with Gasteiger partial charge >= 0.3 is 12.1 Å². The van der Waals surface area contributed by atoms with Crippen molar-refractivity contribution in [3.8, 4) is 0 Å². The molecule has 5 nitrogen and oxygen atoms in total. The number of anilines is 1. The zero-order valence-corrected chi connectivity index (χ0v) is 14.7. The van der Waals surface area contributed by atoms with Crippen LogP contribution in [0.3, 0.4) is 0 Å². The predicted molar refractivity (Wildman–Crippen MR) is 90.0 cm³/mol. The molecule has 0 aromatic carbocycles. The van der Waals surface area contributed by atoms with Crippen molar-refractivity contribution in [2.24, 2.45) is 5.92 Å². The molecule has 25 heavy (non-hydrogen) atoms. The minimum absolute atomic E-state index is 0.126. The van der Waals surface area contributed by atoms with Crippen molar-refractivity contribution >= 4 is 33.4 Å². The number of allylic oxidation sites excluding steroid dienone is 2. The first-order chi connectivity index (χ1) is 11.9. The van der Waals surface area contributed by atoms with Crippen molar-refractivity contribution in [3.63, 3.8) is 0 Å². The number of amides is 1. The molecular weight excluding hydrogens is 375 g/mol. The van der Waals surface area contributed by atoms with E-state index in [1.807, 2.05) is 0 Å². The van der Waals surface area contributed by atoms with Gasteiger partial charge in [-0.2, -0.15) is 13.2 Å². The molecule has 2 aliphatic rings. The van der Waals surface area contributed by atoms with E-state index in [0.717, 1.165) is 4.90 Å². The van der Waals surface area contributed by atoms with E-state index in [0.29, 0.717) is 29.3 Å². The summed E-state index contributed by atoms with van der Waals surface area (Å²) >= 11 is 1.32. The van der Waals surface area contributed by atoms with Gasteiger partial charge in [0.1, 0.15) is 0 Å². The molecule has 1 aromatic heterocycles. The Labute approximate surface area is 149 Å². The van der Waals surface area contributed by atoms with Crippen molar-refractivity contribution in [1.29, 1.82) is 0 Å². The molecule has 0 bridgehead atoms. The van der Waals surface area contributed by atoms with E-state index in [-0.39, 0.29) is 12.5 Å². The first-order valence-electron chi connectivity index (χ1n) is 7.70. The third-order valence-corrected chi connectivity index (χ3v) is 6.15. The van der Waals surface area contributed by atoms with E-state index in [1.54, 1.807) is 29.8 Å². The molecule has 1 fully saturated rings. The fourth-order valence-electron chi connectivity index (χ4n) is 3.10. The van der Waals surface area contributed by atoms with E-state index in [2.05, 4.69) is 9.71 Å². The second kappa shape index (κ2) is 7.28. The molecule has 10 heteroatoms. The number of carbonyl (C=O) groups excluding carboxylic acids is 1. The summed E-state index contributed by atoms with van der Waals surface area (Å²) < 4.78 is 53.1. The van der Waals surface area contributed by atoms with Gasteiger partial charge in [-0.1, -0.05) is 12.2 Å². The number of hydrogen-bond donors (Lipinski definition) is 1. The molecule has 0 saturated carbocycles. The predicted octanol–water partition coefficient (Wildman–Crippen LogP) is 3.23. The fourth-order valence-corrected chi connectivity index (χ4v) is 4.68. The van der Waals surface area contributed by atoms with Crippen LogP contribution in [0, 0.1) is 5.92 Å². The molecule has 0 spiro atoms. The highest BCUT2D eigenvalue weighted by atomic mass is 32.2. The number of rotatable bonds is 4. The first kappa shape index (κ1) is 18.1. The Hall–Kier alpha value is -1.68. The Balaban J connectivity index is 1.63. The molecule has 1 aliphatic heterocycles. The molecule has 3 unspecified atom stereocenters. The lowest BCUT2D eigenvalue weighted by Gasteiger charge is -2.31. The van der Waals surface area contributed by atoms with Crippen LogP contribution in [0.25, 0.3) is 0 Å². The number of thiazole rings is 1. The third kappa shape index (κ3) is 4.12. The van der Waals surface area contributed by atoms with Crippen molar-refractivity contribution in [3.05, 3.63) is 34.7 Å². The largest absolute Gasteiger partial charge is 0.471 e. The number of nitrogens with one attached hydrogen (secondary N) is 1. The van der Waals surface area contributed by atoms with Gasteiger partial charge in [-0.15, -0.1) is 11.3 Å². The summed E-state index contributed by atoms with van der Waals surface area (Å²) in [6.45, 7) is 0.126. The van der Waals surface area contributed by atoms with E-state index < -0.39 is 29.1 Å². The lowest BCUT2D eigenvalue weighted by Crippen LogP contribution is -2.46. The summed E-state index contributed by atoms with van der Waals surface area (Å²) in [5.41, 5.74) is 0. The number of alkyl halides is 3. The van der Waals surface area contributed by atoms with Gasteiger partial charge in [-0.25, -0.2) is 9.19 Å². The van der Waals surface area contributed by atoms with Crippen LogP contribution in [-0.4, -0.2) is 38.8 Å². The van der Waals surface area contributed by atoms with Crippen LogP contribution in [0.2, 0.25) is 0 Å². The fraction of sp³-hybridized carbons (Fsp3) is 0.467. The van der Waals surface area contributed by atoms with Crippen LogP contribution in [0.5, 0.6) is 0 Å². The highest BCUT2D eigenvalue weighted by molar-refractivity contribution is 7.90. The molecule has 1 aromatic rings. The lowest BCUT2D eigenvalue weighted by molar-refractivity contribution is -0.186. The normalized spacial score (nSPS) is 24.9. The van der Waals surface area contributed by atoms with Crippen LogP contribution in [0.4, 0.5) is 18.3 Å². The van der Waals surface area contributed by atoms with Gasteiger partial charge in [0.2, 0.25) is 0 Å². The summed E-state index contributed by atoms with van der Waals surface area (Å²) in [5, 5.41) is 2.29. The zero-order chi connectivity index (χ0) is 18.0. The Bertz CT molecular complexity index is 716. The van der Waals surface area contributed by atoms with Gasteiger partial charge in [0.25, 0.3) is 0 Å². The number of hydrogen-bond acceptors (Lipinski definition) is 4. The number of nitrogens with zero attached hydrogens (tertiary/aromatic N) is 2. The minimum atomic E-state index is -4.85. The van der Waals surface area contributed by atoms with E-state index >= 15 is 0 Å². The summed E-state index contributed by atoms with van der Waals surface area (Å²) in [5.74, 6) is -1.97. The van der Waals surface area contributed by atoms with Crippen molar-refractivity contribution in [2.75, 3.05) is 11.3 Å². The number of likely N-dealkylation sites (tertiary alicyclic amines) is 1. The molecular formula is C15H16F3N3O2S2. The molecule has 0 radical (unpaired) electrons. The molecule has 1 saturated heterocycles. The minimum Gasteiger partial charge on any atom is -0.331 e. The van der Waals surface area contributed by atoms with Gasteiger partial charge < -0.3 is 4.90 Å². The van der Waals surface area contributed by atoms with Gasteiger partial charge in [0.05, 0.1) is 4.91 Å². The average molecular weight is 391 g/mol. The Morgan fingerprint density at radius 2 is 2.24 bits per heavy atom. The molecule has 3 rings (SSSR count). The van der Waals surface area contributed by atoms with Crippen molar-refractivity contribution in [1.82, 2.24) is 9.88 Å². The maximum absolute atomic E-state index is 12.7. The Morgan fingerprint density at radius 1 is 1.44 bits per heavy atom. The highest BCUT2D eigenvalue weighted by Gasteiger charge is 2.47. The van der Waals surface area contributed by atoms with Crippen LogP contribution in [0.1, 0.15) is 19.3 Å². The maximum Gasteiger partial charge on any atom is 0.471 e. The molecule has 1 aliphatic carbocycles. The smallest absolute Gasteiger partial charge is 0.331 e. The molecule has 136 valence electrons. The molecule has 1 amide bonds. The summed E-state index contributed by atoms with van der Waals surface area (Å²) in [7, 11) is -1.47. The van der Waals surface area contributed by atoms with Crippen LogP contribution >= 0.6 is 11.3 Å². The molecule has 3 atom stereocenters. The van der Waals surface area contributed by atoms with Crippen molar-refractivity contribution in [2.45, 2.75) is 31.5 Å². The number of aromatic nitrogens is 1. The summed E-state index contributed by atoms with van der Waals surface area (Å²) in [6.07, 6.45) is 3.45. The monoisotopic (exact) mass is 391 g/mol. The SMILES string of the molecule is O=C(N1CCCC1C1C=CC(S(=O)Nc2nccs2)=CC1)C(F)(F)F. The average Bonchev–Trinajstić information content (AvgIpc) is 3.24. The van der Waals surface area contributed by atoms with Gasteiger partial charge in [0.15, 0.2) is 16.1 Å². The van der Waals surface area contributed by atoms with Crippen LogP contribution < -0.4 is 4.72 Å². The molecule has 2 heterocycles. The topological polar surface area (TPSA) is 62.3 Å². The Kier molecular flexibility index (Phi) is 5.28. The summed E-state index contributed by atoms with van der Waals surface area (Å²) in [6, 6.07) is -0.469. The third-order valence-electron chi connectivity index (χ3n) is 4.22. The number of halogens is 3. The number of carbonyl (C=O) groups is 1. The quantitative estimate of drug-likeness (QED) is 0.857. The van der Waals surface area contributed by atoms with Crippen LogP contribution in [0.15, 0.2) is 34.7 Å².